The van der Waals surface area contributed by atoms with Gasteiger partial charge in [-0.25, -0.2) is 0 Å². The summed E-state index contributed by atoms with van der Waals surface area (Å²) in [6, 6.07) is 1.50. The summed E-state index contributed by atoms with van der Waals surface area (Å²) in [5, 5.41) is 7.24. The van der Waals surface area contributed by atoms with E-state index in [1.807, 2.05) is 13.8 Å². The minimum absolute atomic E-state index is 0.0484. The minimum Gasteiger partial charge on any atom is -0.309 e. The molecule has 1 N–H and O–H groups in total. The zero-order valence-corrected chi connectivity index (χ0v) is 10.8. The monoisotopic (exact) mass is 263 g/mol. The quantitative estimate of drug-likeness (QED) is 0.818. The van der Waals surface area contributed by atoms with E-state index in [-0.39, 0.29) is 12.5 Å². The summed E-state index contributed by atoms with van der Waals surface area (Å²) in [5.74, 6) is 0. The van der Waals surface area contributed by atoms with Gasteiger partial charge in [0.15, 0.2) is 0 Å². The van der Waals surface area contributed by atoms with Crippen LogP contribution in [0.4, 0.5) is 13.2 Å². The summed E-state index contributed by atoms with van der Waals surface area (Å²) in [4.78, 5) is 0. The molecule has 6 heteroatoms. The second kappa shape index (κ2) is 6.78. The fourth-order valence-electron chi connectivity index (χ4n) is 1.95. The second-order valence-corrected chi connectivity index (χ2v) is 4.24. The Morgan fingerprint density at radius 3 is 2.67 bits per heavy atom. The van der Waals surface area contributed by atoms with Crippen LogP contribution in [0.25, 0.3) is 0 Å². The number of alkyl halides is 3. The molecule has 1 atom stereocenters. The van der Waals surface area contributed by atoms with E-state index in [0.29, 0.717) is 6.54 Å². The maximum Gasteiger partial charge on any atom is 0.389 e. The molecule has 0 spiro atoms. The molecule has 1 unspecified atom stereocenters. The van der Waals surface area contributed by atoms with Gasteiger partial charge >= 0.3 is 6.18 Å². The molecule has 0 aromatic carbocycles. The number of rotatable bonds is 7. The zero-order valence-electron chi connectivity index (χ0n) is 10.8. The molecule has 0 aliphatic rings. The lowest BCUT2D eigenvalue weighted by molar-refractivity contribution is -0.136. The molecule has 0 aliphatic heterocycles. The van der Waals surface area contributed by atoms with E-state index in [9.17, 15) is 13.2 Å². The first-order valence-corrected chi connectivity index (χ1v) is 6.29. The average molecular weight is 263 g/mol. The van der Waals surface area contributed by atoms with Gasteiger partial charge in [0, 0.05) is 25.2 Å². The maximum absolute atomic E-state index is 12.3. The summed E-state index contributed by atoms with van der Waals surface area (Å²) in [6.07, 6.45) is -2.28. The molecule has 1 heterocycles. The normalized spacial score (nSPS) is 13.8. The third-order valence-corrected chi connectivity index (χ3v) is 2.71. The Morgan fingerprint density at radius 2 is 2.11 bits per heavy atom. The van der Waals surface area contributed by atoms with Crippen LogP contribution < -0.4 is 5.32 Å². The molecule has 18 heavy (non-hydrogen) atoms. The van der Waals surface area contributed by atoms with Crippen molar-refractivity contribution < 1.29 is 13.2 Å². The standard InChI is InChI=1S/C12H20F3N3/c1-3-9-18-11(6-8-17-18)10(16-4-2)5-7-12(13,14)15/h6,8,10,16H,3-5,7,9H2,1-2H3. The molecular weight excluding hydrogens is 243 g/mol. The van der Waals surface area contributed by atoms with Crippen molar-refractivity contribution in [2.24, 2.45) is 0 Å². The third-order valence-electron chi connectivity index (χ3n) is 2.71. The first kappa shape index (κ1) is 15.0. The van der Waals surface area contributed by atoms with Crippen LogP contribution in [0.15, 0.2) is 12.3 Å². The van der Waals surface area contributed by atoms with E-state index >= 15 is 0 Å². The summed E-state index contributed by atoms with van der Waals surface area (Å²) < 4.78 is 38.7. The van der Waals surface area contributed by atoms with Crippen molar-refractivity contribution in [1.82, 2.24) is 15.1 Å². The van der Waals surface area contributed by atoms with Gasteiger partial charge in [0.05, 0.1) is 5.69 Å². The number of nitrogens with zero attached hydrogens (tertiary/aromatic N) is 2. The predicted molar refractivity (Wildman–Crippen MR) is 64.2 cm³/mol. The fourth-order valence-corrected chi connectivity index (χ4v) is 1.95. The van der Waals surface area contributed by atoms with Crippen molar-refractivity contribution in [1.29, 1.82) is 0 Å². The van der Waals surface area contributed by atoms with Gasteiger partial charge in [0.25, 0.3) is 0 Å². The SMILES string of the molecule is CCCn1nccc1C(CCC(F)(F)F)NCC. The van der Waals surface area contributed by atoms with Crippen LogP contribution in [0.1, 0.15) is 44.8 Å². The van der Waals surface area contributed by atoms with Crippen LogP contribution in [-0.2, 0) is 6.54 Å². The molecule has 1 aromatic heterocycles. The Labute approximate surface area is 105 Å². The van der Waals surface area contributed by atoms with E-state index < -0.39 is 12.6 Å². The van der Waals surface area contributed by atoms with Gasteiger partial charge in [-0.3, -0.25) is 4.68 Å². The molecule has 0 radical (unpaired) electrons. The number of nitrogens with one attached hydrogen (secondary N) is 1. The Kier molecular flexibility index (Phi) is 5.65. The number of halogens is 3. The molecule has 104 valence electrons. The predicted octanol–water partition coefficient (Wildman–Crippen LogP) is 3.29. The third kappa shape index (κ3) is 4.68. The van der Waals surface area contributed by atoms with Gasteiger partial charge in [-0.1, -0.05) is 13.8 Å². The lowest BCUT2D eigenvalue weighted by atomic mass is 10.1. The van der Waals surface area contributed by atoms with Crippen molar-refractivity contribution in [2.75, 3.05) is 6.54 Å². The lowest BCUT2D eigenvalue weighted by Crippen LogP contribution is -2.25. The van der Waals surface area contributed by atoms with Crippen LogP contribution in [0.5, 0.6) is 0 Å². The van der Waals surface area contributed by atoms with Crippen molar-refractivity contribution >= 4 is 0 Å². The van der Waals surface area contributed by atoms with Gasteiger partial charge < -0.3 is 5.32 Å². The summed E-state index contributed by atoms with van der Waals surface area (Å²) in [5.41, 5.74) is 0.836. The molecule has 1 aromatic rings. The van der Waals surface area contributed by atoms with Gasteiger partial charge in [-0.05, 0) is 25.5 Å². The van der Waals surface area contributed by atoms with Crippen molar-refractivity contribution in [3.63, 3.8) is 0 Å². The summed E-state index contributed by atoms with van der Waals surface area (Å²) in [6.45, 7) is 5.28. The zero-order chi connectivity index (χ0) is 13.6. The molecular formula is C12H20F3N3. The molecule has 1 rings (SSSR count). The first-order valence-electron chi connectivity index (χ1n) is 6.29. The van der Waals surface area contributed by atoms with Crippen molar-refractivity contribution in [3.05, 3.63) is 18.0 Å². The Bertz CT molecular complexity index is 347. The second-order valence-electron chi connectivity index (χ2n) is 4.24. The highest BCUT2D eigenvalue weighted by Gasteiger charge is 2.29. The molecule has 0 fully saturated rings. The van der Waals surface area contributed by atoms with Gasteiger partial charge in [-0.15, -0.1) is 0 Å². The number of hydrogen-bond acceptors (Lipinski definition) is 2. The fraction of sp³-hybridized carbons (Fsp3) is 0.750. The van der Waals surface area contributed by atoms with Crippen molar-refractivity contribution in [3.8, 4) is 0 Å². The number of hydrogen-bond donors (Lipinski definition) is 1. The molecule has 0 saturated heterocycles. The topological polar surface area (TPSA) is 29.9 Å². The molecule has 0 bridgehead atoms. The lowest BCUT2D eigenvalue weighted by Gasteiger charge is -2.20. The highest BCUT2D eigenvalue weighted by molar-refractivity contribution is 5.07. The van der Waals surface area contributed by atoms with E-state index in [0.717, 1.165) is 18.7 Å². The van der Waals surface area contributed by atoms with Crippen LogP contribution in [0, 0.1) is 0 Å². The van der Waals surface area contributed by atoms with Crippen molar-refractivity contribution in [2.45, 2.75) is 51.9 Å². The summed E-state index contributed by atoms with van der Waals surface area (Å²) in [7, 11) is 0. The molecule has 0 saturated carbocycles. The van der Waals surface area contributed by atoms with E-state index in [4.69, 9.17) is 0 Å². The molecule has 3 nitrogen and oxygen atoms in total. The van der Waals surface area contributed by atoms with E-state index in [2.05, 4.69) is 10.4 Å². The van der Waals surface area contributed by atoms with Gasteiger partial charge in [0.2, 0.25) is 0 Å². The Balaban J connectivity index is 2.73. The minimum atomic E-state index is -4.11. The summed E-state index contributed by atoms with van der Waals surface area (Å²) >= 11 is 0. The van der Waals surface area contributed by atoms with Gasteiger partial charge in [-0.2, -0.15) is 18.3 Å². The van der Waals surface area contributed by atoms with Crippen LogP contribution in [-0.4, -0.2) is 22.5 Å². The van der Waals surface area contributed by atoms with Crippen LogP contribution in [0.3, 0.4) is 0 Å². The number of aromatic nitrogens is 2. The molecule has 0 amide bonds. The highest BCUT2D eigenvalue weighted by Crippen LogP contribution is 2.27. The highest BCUT2D eigenvalue weighted by atomic mass is 19.4. The van der Waals surface area contributed by atoms with E-state index in [1.54, 1.807) is 16.9 Å². The largest absolute Gasteiger partial charge is 0.389 e. The average Bonchev–Trinajstić information content (AvgIpc) is 2.72. The van der Waals surface area contributed by atoms with Crippen LogP contribution >= 0.6 is 0 Å². The smallest absolute Gasteiger partial charge is 0.309 e. The van der Waals surface area contributed by atoms with Crippen LogP contribution in [0.2, 0.25) is 0 Å². The Morgan fingerprint density at radius 1 is 1.39 bits per heavy atom. The van der Waals surface area contributed by atoms with Gasteiger partial charge in [0.1, 0.15) is 0 Å². The Hall–Kier alpha value is -1.04. The molecule has 0 aliphatic carbocycles. The first-order chi connectivity index (χ1) is 8.48. The van der Waals surface area contributed by atoms with E-state index in [1.165, 1.54) is 0 Å². The number of aryl methyl sites for hydroxylation is 1. The maximum atomic E-state index is 12.3.